The molecule has 2 heteroatoms. The summed E-state index contributed by atoms with van der Waals surface area (Å²) in [6.07, 6.45) is 3.26. The van der Waals surface area contributed by atoms with Gasteiger partial charge in [0.05, 0.1) is 12.2 Å². The highest BCUT2D eigenvalue weighted by molar-refractivity contribution is 4.97. The summed E-state index contributed by atoms with van der Waals surface area (Å²) >= 11 is 0. The molecular weight excluding hydrogens is 164 g/mol. The van der Waals surface area contributed by atoms with Crippen molar-refractivity contribution in [2.75, 3.05) is 0 Å². The van der Waals surface area contributed by atoms with Gasteiger partial charge in [-0.2, -0.15) is 0 Å². The normalized spacial score (nSPS) is 45.5. The van der Waals surface area contributed by atoms with Crippen molar-refractivity contribution >= 4 is 0 Å². The van der Waals surface area contributed by atoms with Crippen molar-refractivity contribution in [2.24, 2.45) is 11.3 Å². The van der Waals surface area contributed by atoms with Crippen LogP contribution >= 0.6 is 0 Å². The van der Waals surface area contributed by atoms with Crippen LogP contribution in [0.25, 0.3) is 0 Å². The molecule has 78 valence electrons. The summed E-state index contributed by atoms with van der Waals surface area (Å²) in [5, 5.41) is 19.5. The zero-order valence-electron chi connectivity index (χ0n) is 8.95. The summed E-state index contributed by atoms with van der Waals surface area (Å²) in [5.41, 5.74) is -0.0468. The van der Waals surface area contributed by atoms with Crippen LogP contribution in [0.15, 0.2) is 0 Å². The van der Waals surface area contributed by atoms with Crippen LogP contribution in [-0.2, 0) is 0 Å². The highest BCUT2D eigenvalue weighted by Crippen LogP contribution is 2.45. The third-order valence-corrected chi connectivity index (χ3v) is 3.51. The Labute approximate surface area is 81.0 Å². The van der Waals surface area contributed by atoms with Crippen molar-refractivity contribution in [3.63, 3.8) is 0 Å². The van der Waals surface area contributed by atoms with E-state index in [1.807, 2.05) is 6.92 Å². The van der Waals surface area contributed by atoms with Gasteiger partial charge in [-0.15, -0.1) is 0 Å². The third-order valence-electron chi connectivity index (χ3n) is 3.51. The molecule has 0 radical (unpaired) electrons. The van der Waals surface area contributed by atoms with Gasteiger partial charge in [-0.25, -0.2) is 0 Å². The number of unbranched alkanes of at least 4 members (excludes halogenated alkanes) is 1. The van der Waals surface area contributed by atoms with Gasteiger partial charge in [-0.05, 0) is 24.2 Å². The SMILES string of the molecule is CCCC[C@@]1(C)C[C@@H](C)[C@H](O)[C@@H]1O. The Morgan fingerprint density at radius 3 is 2.38 bits per heavy atom. The Kier molecular flexibility index (Phi) is 3.36. The number of rotatable bonds is 3. The average Bonchev–Trinajstić information content (AvgIpc) is 2.28. The van der Waals surface area contributed by atoms with Gasteiger partial charge < -0.3 is 10.2 Å². The predicted molar refractivity (Wildman–Crippen MR) is 53.4 cm³/mol. The Morgan fingerprint density at radius 2 is 2.00 bits per heavy atom. The predicted octanol–water partition coefficient (Wildman–Crippen LogP) is 1.94. The molecular formula is C11H22O2. The standard InChI is InChI=1S/C11H22O2/c1-4-5-6-11(3)7-8(2)9(12)10(11)13/h8-10,12-13H,4-7H2,1-3H3/t8-,9+,10+,11+/m1/s1. The molecule has 0 unspecified atom stereocenters. The molecule has 1 rings (SSSR count). The first-order valence-electron chi connectivity index (χ1n) is 5.37. The van der Waals surface area contributed by atoms with Gasteiger partial charge in [0, 0.05) is 0 Å². The fourth-order valence-corrected chi connectivity index (χ4v) is 2.53. The lowest BCUT2D eigenvalue weighted by molar-refractivity contribution is -0.0250. The first-order chi connectivity index (χ1) is 6.01. The van der Waals surface area contributed by atoms with E-state index in [4.69, 9.17) is 0 Å². The quantitative estimate of drug-likeness (QED) is 0.707. The molecule has 1 aliphatic carbocycles. The van der Waals surface area contributed by atoms with Crippen LogP contribution in [0, 0.1) is 11.3 Å². The van der Waals surface area contributed by atoms with E-state index in [1.54, 1.807) is 0 Å². The molecule has 0 spiro atoms. The summed E-state index contributed by atoms with van der Waals surface area (Å²) in [4.78, 5) is 0. The Hall–Kier alpha value is -0.0800. The summed E-state index contributed by atoms with van der Waals surface area (Å²) in [6, 6.07) is 0. The first kappa shape index (κ1) is 11.0. The maximum absolute atomic E-state index is 9.86. The molecule has 1 aliphatic rings. The van der Waals surface area contributed by atoms with Crippen molar-refractivity contribution in [1.82, 2.24) is 0 Å². The summed E-state index contributed by atoms with van der Waals surface area (Å²) in [6.45, 7) is 6.27. The molecule has 0 aromatic carbocycles. The minimum Gasteiger partial charge on any atom is -0.390 e. The smallest absolute Gasteiger partial charge is 0.0855 e. The lowest BCUT2D eigenvalue weighted by Gasteiger charge is -2.28. The van der Waals surface area contributed by atoms with Crippen molar-refractivity contribution in [3.05, 3.63) is 0 Å². The van der Waals surface area contributed by atoms with Gasteiger partial charge in [-0.1, -0.05) is 33.6 Å². The van der Waals surface area contributed by atoms with Crippen molar-refractivity contribution < 1.29 is 10.2 Å². The highest BCUT2D eigenvalue weighted by Gasteiger charge is 2.46. The van der Waals surface area contributed by atoms with E-state index >= 15 is 0 Å². The molecule has 0 aromatic heterocycles. The minimum atomic E-state index is -0.519. The second kappa shape index (κ2) is 3.97. The topological polar surface area (TPSA) is 40.5 Å². The lowest BCUT2D eigenvalue weighted by atomic mass is 9.81. The molecule has 2 N–H and O–H groups in total. The summed E-state index contributed by atoms with van der Waals surface area (Å²) < 4.78 is 0. The maximum Gasteiger partial charge on any atom is 0.0855 e. The fraction of sp³-hybridized carbons (Fsp3) is 1.00. The summed E-state index contributed by atoms with van der Waals surface area (Å²) in [7, 11) is 0. The van der Waals surface area contributed by atoms with Gasteiger partial charge in [0.25, 0.3) is 0 Å². The van der Waals surface area contributed by atoms with Gasteiger partial charge in [0.1, 0.15) is 0 Å². The van der Waals surface area contributed by atoms with Crippen LogP contribution in [0.5, 0.6) is 0 Å². The second-order valence-corrected chi connectivity index (χ2v) is 4.87. The monoisotopic (exact) mass is 186 g/mol. The van der Waals surface area contributed by atoms with Crippen LogP contribution in [0.4, 0.5) is 0 Å². The van der Waals surface area contributed by atoms with Crippen LogP contribution in [-0.4, -0.2) is 22.4 Å². The Morgan fingerprint density at radius 1 is 1.38 bits per heavy atom. The molecule has 4 atom stereocenters. The highest BCUT2D eigenvalue weighted by atomic mass is 16.3. The Balaban J connectivity index is 2.58. The van der Waals surface area contributed by atoms with Gasteiger partial charge in [0.15, 0.2) is 0 Å². The molecule has 0 aromatic rings. The Bertz CT molecular complexity index is 169. The zero-order chi connectivity index (χ0) is 10.1. The van der Waals surface area contributed by atoms with Crippen LogP contribution in [0.3, 0.4) is 0 Å². The van der Waals surface area contributed by atoms with Gasteiger partial charge in [-0.3, -0.25) is 0 Å². The molecule has 2 nitrogen and oxygen atoms in total. The number of hydrogen-bond acceptors (Lipinski definition) is 2. The maximum atomic E-state index is 9.86. The van der Waals surface area contributed by atoms with Gasteiger partial charge >= 0.3 is 0 Å². The lowest BCUT2D eigenvalue weighted by Crippen LogP contribution is -2.34. The molecule has 0 saturated heterocycles. The summed E-state index contributed by atoms with van der Waals surface area (Å²) in [5.74, 6) is 0.247. The molecule has 1 saturated carbocycles. The minimum absolute atomic E-state index is 0.0468. The number of hydrogen-bond donors (Lipinski definition) is 2. The molecule has 0 amide bonds. The van der Waals surface area contributed by atoms with E-state index < -0.39 is 12.2 Å². The number of aliphatic hydroxyl groups excluding tert-OH is 2. The van der Waals surface area contributed by atoms with E-state index in [9.17, 15) is 10.2 Å². The fourth-order valence-electron chi connectivity index (χ4n) is 2.53. The van der Waals surface area contributed by atoms with Crippen LogP contribution < -0.4 is 0 Å². The first-order valence-corrected chi connectivity index (χ1v) is 5.37. The van der Waals surface area contributed by atoms with E-state index in [-0.39, 0.29) is 11.3 Å². The largest absolute Gasteiger partial charge is 0.390 e. The van der Waals surface area contributed by atoms with E-state index in [0.717, 1.165) is 25.7 Å². The molecule has 0 heterocycles. The van der Waals surface area contributed by atoms with Gasteiger partial charge in [0.2, 0.25) is 0 Å². The molecule has 0 bridgehead atoms. The van der Waals surface area contributed by atoms with Crippen molar-refractivity contribution in [1.29, 1.82) is 0 Å². The van der Waals surface area contributed by atoms with Crippen molar-refractivity contribution in [3.8, 4) is 0 Å². The van der Waals surface area contributed by atoms with Crippen LogP contribution in [0.1, 0.15) is 46.5 Å². The molecule has 1 fully saturated rings. The third kappa shape index (κ3) is 2.05. The molecule has 13 heavy (non-hydrogen) atoms. The number of aliphatic hydroxyl groups is 2. The van der Waals surface area contributed by atoms with E-state index in [2.05, 4.69) is 13.8 Å². The van der Waals surface area contributed by atoms with Crippen molar-refractivity contribution in [2.45, 2.75) is 58.7 Å². The average molecular weight is 186 g/mol. The second-order valence-electron chi connectivity index (χ2n) is 4.87. The van der Waals surface area contributed by atoms with E-state index in [0.29, 0.717) is 0 Å². The molecule has 0 aliphatic heterocycles. The van der Waals surface area contributed by atoms with Crippen LogP contribution in [0.2, 0.25) is 0 Å². The van der Waals surface area contributed by atoms with E-state index in [1.165, 1.54) is 0 Å². The zero-order valence-corrected chi connectivity index (χ0v) is 8.95.